The van der Waals surface area contributed by atoms with E-state index in [4.69, 9.17) is 0 Å². The predicted molar refractivity (Wildman–Crippen MR) is 67.8 cm³/mol. The number of halogens is 4. The third-order valence-electron chi connectivity index (χ3n) is 2.87. The summed E-state index contributed by atoms with van der Waals surface area (Å²) in [7, 11) is 0. The van der Waals surface area contributed by atoms with Crippen LogP contribution in [0, 0.1) is 5.82 Å². The monoisotopic (exact) mass is 291 g/mol. The second-order valence-corrected chi connectivity index (χ2v) is 5.09. The van der Waals surface area contributed by atoms with Gasteiger partial charge in [0.1, 0.15) is 5.82 Å². The standard InChI is InChI=1S/C14H17F4NO/c1-8(2)19(9(3)4)13(20)10-5-6-12(15)11(7-10)14(16,17)18/h5-9H,1-4H3. The molecule has 0 aromatic heterocycles. The summed E-state index contributed by atoms with van der Waals surface area (Å²) >= 11 is 0. The van der Waals surface area contributed by atoms with Crippen molar-refractivity contribution < 1.29 is 22.4 Å². The van der Waals surface area contributed by atoms with Crippen LogP contribution in [0.15, 0.2) is 18.2 Å². The molecule has 0 aliphatic heterocycles. The molecule has 112 valence electrons. The average molecular weight is 291 g/mol. The molecule has 0 bridgehead atoms. The first-order valence-electron chi connectivity index (χ1n) is 6.25. The maximum absolute atomic E-state index is 13.2. The molecule has 0 radical (unpaired) electrons. The topological polar surface area (TPSA) is 20.3 Å². The highest BCUT2D eigenvalue weighted by Gasteiger charge is 2.35. The van der Waals surface area contributed by atoms with Crippen LogP contribution < -0.4 is 0 Å². The number of amides is 1. The molecule has 20 heavy (non-hydrogen) atoms. The van der Waals surface area contributed by atoms with Crippen molar-refractivity contribution in [3.63, 3.8) is 0 Å². The molecule has 1 rings (SSSR count). The fourth-order valence-electron chi connectivity index (χ4n) is 2.09. The fraction of sp³-hybridized carbons (Fsp3) is 0.500. The van der Waals surface area contributed by atoms with E-state index in [2.05, 4.69) is 0 Å². The van der Waals surface area contributed by atoms with Gasteiger partial charge < -0.3 is 4.90 Å². The first-order valence-corrected chi connectivity index (χ1v) is 6.25. The van der Waals surface area contributed by atoms with Gasteiger partial charge in [-0.15, -0.1) is 0 Å². The molecule has 1 aromatic carbocycles. The molecule has 0 spiro atoms. The summed E-state index contributed by atoms with van der Waals surface area (Å²) in [5.74, 6) is -1.92. The van der Waals surface area contributed by atoms with E-state index < -0.39 is 23.5 Å². The number of rotatable bonds is 3. The van der Waals surface area contributed by atoms with E-state index in [1.807, 2.05) is 0 Å². The van der Waals surface area contributed by atoms with Crippen LogP contribution in [0.4, 0.5) is 17.6 Å². The summed E-state index contributed by atoms with van der Waals surface area (Å²) < 4.78 is 51.1. The van der Waals surface area contributed by atoms with Gasteiger partial charge in [-0.25, -0.2) is 4.39 Å². The summed E-state index contributed by atoms with van der Waals surface area (Å²) in [5.41, 5.74) is -1.59. The van der Waals surface area contributed by atoms with Crippen molar-refractivity contribution in [2.75, 3.05) is 0 Å². The van der Waals surface area contributed by atoms with Gasteiger partial charge in [-0.2, -0.15) is 13.2 Å². The molecule has 0 atom stereocenters. The van der Waals surface area contributed by atoms with Gasteiger partial charge in [0, 0.05) is 17.6 Å². The van der Waals surface area contributed by atoms with Gasteiger partial charge in [-0.05, 0) is 45.9 Å². The van der Waals surface area contributed by atoms with Crippen LogP contribution in [0.25, 0.3) is 0 Å². The Hall–Kier alpha value is -1.59. The highest BCUT2D eigenvalue weighted by molar-refractivity contribution is 5.94. The van der Waals surface area contributed by atoms with E-state index in [1.165, 1.54) is 4.90 Å². The Balaban J connectivity index is 3.24. The molecule has 1 amide bonds. The largest absolute Gasteiger partial charge is 0.419 e. The van der Waals surface area contributed by atoms with Gasteiger partial charge >= 0.3 is 6.18 Å². The third kappa shape index (κ3) is 3.49. The minimum Gasteiger partial charge on any atom is -0.334 e. The molecule has 0 fully saturated rings. The van der Waals surface area contributed by atoms with Crippen LogP contribution >= 0.6 is 0 Å². The lowest BCUT2D eigenvalue weighted by molar-refractivity contribution is -0.140. The predicted octanol–water partition coefficient (Wildman–Crippen LogP) is 4.10. The zero-order chi connectivity index (χ0) is 15.7. The first-order chi connectivity index (χ1) is 9.05. The summed E-state index contributed by atoms with van der Waals surface area (Å²) in [6.07, 6.45) is -4.82. The van der Waals surface area contributed by atoms with Gasteiger partial charge in [-0.1, -0.05) is 0 Å². The fourth-order valence-corrected chi connectivity index (χ4v) is 2.09. The highest BCUT2D eigenvalue weighted by atomic mass is 19.4. The van der Waals surface area contributed by atoms with Gasteiger partial charge in [0.05, 0.1) is 5.56 Å². The number of carbonyl (C=O) groups is 1. The van der Waals surface area contributed by atoms with Crippen molar-refractivity contribution in [2.45, 2.75) is 46.0 Å². The molecular weight excluding hydrogens is 274 g/mol. The van der Waals surface area contributed by atoms with E-state index >= 15 is 0 Å². The number of alkyl halides is 3. The number of hydrogen-bond acceptors (Lipinski definition) is 1. The molecule has 0 saturated heterocycles. The quantitative estimate of drug-likeness (QED) is 0.768. The molecule has 1 aromatic rings. The van der Waals surface area contributed by atoms with E-state index in [9.17, 15) is 22.4 Å². The van der Waals surface area contributed by atoms with E-state index in [-0.39, 0.29) is 17.6 Å². The van der Waals surface area contributed by atoms with Crippen LogP contribution in [-0.2, 0) is 6.18 Å². The van der Waals surface area contributed by atoms with Crippen molar-refractivity contribution >= 4 is 5.91 Å². The molecule has 0 aliphatic carbocycles. The van der Waals surface area contributed by atoms with Gasteiger partial charge in [0.2, 0.25) is 0 Å². The Labute approximate surface area is 115 Å². The van der Waals surface area contributed by atoms with E-state index in [0.29, 0.717) is 12.1 Å². The molecular formula is C14H17F4NO. The molecule has 0 saturated carbocycles. The van der Waals surface area contributed by atoms with Crippen LogP contribution in [0.3, 0.4) is 0 Å². The zero-order valence-corrected chi connectivity index (χ0v) is 11.8. The lowest BCUT2D eigenvalue weighted by Crippen LogP contribution is -2.42. The molecule has 6 heteroatoms. The first kappa shape index (κ1) is 16.5. The van der Waals surface area contributed by atoms with Crippen LogP contribution in [-0.4, -0.2) is 22.9 Å². The van der Waals surface area contributed by atoms with Crippen molar-refractivity contribution in [1.82, 2.24) is 4.90 Å². The molecule has 0 aliphatic rings. The van der Waals surface area contributed by atoms with E-state index in [1.54, 1.807) is 27.7 Å². The Morgan fingerprint density at radius 2 is 1.60 bits per heavy atom. The maximum atomic E-state index is 13.2. The lowest BCUT2D eigenvalue weighted by Gasteiger charge is -2.31. The Morgan fingerprint density at radius 3 is 2.00 bits per heavy atom. The van der Waals surface area contributed by atoms with Gasteiger partial charge in [0.15, 0.2) is 0 Å². The number of hydrogen-bond donors (Lipinski definition) is 0. The SMILES string of the molecule is CC(C)N(C(=O)c1ccc(F)c(C(F)(F)F)c1)C(C)C. The summed E-state index contributed by atoms with van der Waals surface area (Å²) in [6.45, 7) is 7.08. The number of carbonyl (C=O) groups excluding carboxylic acids is 1. The van der Waals surface area contributed by atoms with Crippen molar-refractivity contribution in [2.24, 2.45) is 0 Å². The van der Waals surface area contributed by atoms with Crippen molar-refractivity contribution in [3.05, 3.63) is 35.1 Å². The summed E-state index contributed by atoms with van der Waals surface area (Å²) in [5, 5.41) is 0. The molecule has 2 nitrogen and oxygen atoms in total. The van der Waals surface area contributed by atoms with Gasteiger partial charge in [-0.3, -0.25) is 4.79 Å². The average Bonchev–Trinajstić information content (AvgIpc) is 2.26. The summed E-state index contributed by atoms with van der Waals surface area (Å²) in [4.78, 5) is 13.7. The van der Waals surface area contributed by atoms with Crippen LogP contribution in [0.1, 0.15) is 43.6 Å². The molecule has 0 N–H and O–H groups in total. The van der Waals surface area contributed by atoms with Crippen LogP contribution in [0.2, 0.25) is 0 Å². The maximum Gasteiger partial charge on any atom is 0.419 e. The minimum absolute atomic E-state index is 0.165. The third-order valence-corrected chi connectivity index (χ3v) is 2.87. The highest BCUT2D eigenvalue weighted by Crippen LogP contribution is 2.32. The van der Waals surface area contributed by atoms with Crippen molar-refractivity contribution in [1.29, 1.82) is 0 Å². The summed E-state index contributed by atoms with van der Waals surface area (Å²) in [6, 6.07) is 1.98. The smallest absolute Gasteiger partial charge is 0.334 e. The lowest BCUT2D eigenvalue weighted by atomic mass is 10.1. The Kier molecular flexibility index (Phi) is 4.78. The van der Waals surface area contributed by atoms with Gasteiger partial charge in [0.25, 0.3) is 5.91 Å². The van der Waals surface area contributed by atoms with Crippen LogP contribution in [0.5, 0.6) is 0 Å². The number of benzene rings is 1. The molecule has 0 unspecified atom stereocenters. The Bertz CT molecular complexity index is 486. The number of nitrogens with zero attached hydrogens (tertiary/aromatic N) is 1. The van der Waals surface area contributed by atoms with Crippen molar-refractivity contribution in [3.8, 4) is 0 Å². The second-order valence-electron chi connectivity index (χ2n) is 5.09. The second kappa shape index (κ2) is 5.81. The zero-order valence-electron chi connectivity index (χ0n) is 11.8. The minimum atomic E-state index is -4.82. The molecule has 0 heterocycles. The normalized spacial score (nSPS) is 12.1. The van der Waals surface area contributed by atoms with E-state index in [0.717, 1.165) is 6.07 Å². The Morgan fingerprint density at radius 1 is 1.10 bits per heavy atom.